The zero-order valence-corrected chi connectivity index (χ0v) is 10.2. The van der Waals surface area contributed by atoms with Gasteiger partial charge in [-0.25, -0.2) is 0 Å². The predicted octanol–water partition coefficient (Wildman–Crippen LogP) is 1.92. The van der Waals surface area contributed by atoms with Gasteiger partial charge >= 0.3 is 0 Å². The van der Waals surface area contributed by atoms with E-state index in [2.05, 4.69) is 10.2 Å². The van der Waals surface area contributed by atoms with Gasteiger partial charge in [0.05, 0.1) is 0 Å². The Morgan fingerprint density at radius 2 is 1.94 bits per heavy atom. The van der Waals surface area contributed by atoms with Gasteiger partial charge in [0.15, 0.2) is 0 Å². The molecule has 1 amide bonds. The third kappa shape index (κ3) is 3.48. The zero-order valence-electron chi connectivity index (χ0n) is 10.2. The molecule has 2 saturated heterocycles. The maximum absolute atomic E-state index is 11.9. The van der Waals surface area contributed by atoms with Crippen LogP contribution in [0.4, 0.5) is 0 Å². The highest BCUT2D eigenvalue weighted by Gasteiger charge is 2.18. The molecule has 1 N–H and O–H groups in total. The summed E-state index contributed by atoms with van der Waals surface area (Å²) in [5, 5.41) is 3.51. The minimum Gasteiger partial charge on any atom is -0.343 e. The maximum atomic E-state index is 11.9. The molecule has 16 heavy (non-hydrogen) atoms. The van der Waals surface area contributed by atoms with E-state index >= 15 is 0 Å². The summed E-state index contributed by atoms with van der Waals surface area (Å²) >= 11 is 0. The van der Waals surface area contributed by atoms with Crippen molar-refractivity contribution < 1.29 is 4.79 Å². The Kier molecular flexibility index (Phi) is 4.64. The quantitative estimate of drug-likeness (QED) is 0.794. The van der Waals surface area contributed by atoms with Gasteiger partial charge in [-0.1, -0.05) is 6.42 Å². The van der Waals surface area contributed by atoms with Crippen LogP contribution in [0.2, 0.25) is 0 Å². The van der Waals surface area contributed by atoms with E-state index < -0.39 is 0 Å². The molecular formula is C13H24N2O. The first-order chi connectivity index (χ1) is 7.86. The van der Waals surface area contributed by atoms with Gasteiger partial charge < -0.3 is 10.2 Å². The van der Waals surface area contributed by atoms with Gasteiger partial charge in [0.1, 0.15) is 0 Å². The van der Waals surface area contributed by atoms with Crippen LogP contribution in [0.5, 0.6) is 0 Å². The Morgan fingerprint density at radius 1 is 1.12 bits per heavy atom. The summed E-state index contributed by atoms with van der Waals surface area (Å²) in [4.78, 5) is 14.0. The summed E-state index contributed by atoms with van der Waals surface area (Å²) in [7, 11) is 0. The van der Waals surface area contributed by atoms with E-state index in [1.807, 2.05) is 0 Å². The van der Waals surface area contributed by atoms with Crippen molar-refractivity contribution in [3.63, 3.8) is 0 Å². The van der Waals surface area contributed by atoms with Gasteiger partial charge in [-0.3, -0.25) is 4.79 Å². The second-order valence-electron chi connectivity index (χ2n) is 5.13. The molecule has 1 atom stereocenters. The number of carbonyl (C=O) groups excluding carboxylic acids is 1. The number of hydrogen-bond acceptors (Lipinski definition) is 2. The van der Waals surface area contributed by atoms with Crippen molar-refractivity contribution in [2.45, 2.75) is 57.4 Å². The molecule has 0 aromatic heterocycles. The van der Waals surface area contributed by atoms with Crippen LogP contribution in [-0.2, 0) is 4.79 Å². The Bertz CT molecular complexity index is 218. The molecule has 0 saturated carbocycles. The SMILES string of the molecule is O=C(CC[C@@H]1CCCCN1)N1CCCCC1. The first-order valence-electron chi connectivity index (χ1n) is 6.87. The Labute approximate surface area is 98.6 Å². The molecule has 0 unspecified atom stereocenters. The van der Waals surface area contributed by atoms with Crippen molar-refractivity contribution >= 4 is 5.91 Å². The number of hydrogen-bond donors (Lipinski definition) is 1. The van der Waals surface area contributed by atoms with E-state index in [1.54, 1.807) is 0 Å². The Morgan fingerprint density at radius 3 is 2.62 bits per heavy atom. The lowest BCUT2D eigenvalue weighted by atomic mass is 10.00. The number of nitrogens with one attached hydrogen (secondary N) is 1. The first kappa shape index (κ1) is 11.9. The standard InChI is InChI=1S/C13H24N2O/c16-13(15-10-4-1-5-11-15)8-7-12-6-2-3-9-14-12/h12,14H,1-11H2/t12-/m0/s1. The second-order valence-corrected chi connectivity index (χ2v) is 5.13. The molecule has 2 rings (SSSR count). The molecule has 2 heterocycles. The van der Waals surface area contributed by atoms with E-state index in [4.69, 9.17) is 0 Å². The number of amides is 1. The van der Waals surface area contributed by atoms with Crippen molar-refractivity contribution in [1.82, 2.24) is 10.2 Å². The van der Waals surface area contributed by atoms with Crippen LogP contribution in [0, 0.1) is 0 Å². The van der Waals surface area contributed by atoms with Crippen molar-refractivity contribution in [1.29, 1.82) is 0 Å². The minimum absolute atomic E-state index is 0.382. The summed E-state index contributed by atoms with van der Waals surface area (Å²) in [5.41, 5.74) is 0. The molecule has 3 nitrogen and oxygen atoms in total. The first-order valence-corrected chi connectivity index (χ1v) is 6.87. The van der Waals surface area contributed by atoms with Crippen molar-refractivity contribution in [3.8, 4) is 0 Å². The number of likely N-dealkylation sites (tertiary alicyclic amines) is 1. The lowest BCUT2D eigenvalue weighted by Crippen LogP contribution is -2.38. The molecule has 0 radical (unpaired) electrons. The molecule has 0 aliphatic carbocycles. The molecule has 0 spiro atoms. The van der Waals surface area contributed by atoms with Crippen LogP contribution in [0.1, 0.15) is 51.4 Å². The molecule has 2 aliphatic heterocycles. The van der Waals surface area contributed by atoms with Crippen LogP contribution in [0.15, 0.2) is 0 Å². The van der Waals surface area contributed by atoms with Gasteiger partial charge in [0, 0.05) is 25.6 Å². The van der Waals surface area contributed by atoms with Crippen LogP contribution < -0.4 is 5.32 Å². The minimum atomic E-state index is 0.382. The van der Waals surface area contributed by atoms with Gasteiger partial charge in [0.25, 0.3) is 0 Å². The smallest absolute Gasteiger partial charge is 0.222 e. The zero-order chi connectivity index (χ0) is 11.2. The van der Waals surface area contributed by atoms with E-state index in [0.29, 0.717) is 11.9 Å². The summed E-state index contributed by atoms with van der Waals surface area (Å²) in [6.07, 6.45) is 9.38. The highest BCUT2D eigenvalue weighted by atomic mass is 16.2. The van der Waals surface area contributed by atoms with Crippen LogP contribution in [0.25, 0.3) is 0 Å². The molecule has 2 aliphatic rings. The summed E-state index contributed by atoms with van der Waals surface area (Å²) < 4.78 is 0. The average Bonchev–Trinajstić information content (AvgIpc) is 2.38. The van der Waals surface area contributed by atoms with Crippen molar-refractivity contribution in [2.24, 2.45) is 0 Å². The number of piperidine rings is 2. The number of nitrogens with zero attached hydrogens (tertiary/aromatic N) is 1. The van der Waals surface area contributed by atoms with Crippen LogP contribution in [0.3, 0.4) is 0 Å². The maximum Gasteiger partial charge on any atom is 0.222 e. The van der Waals surface area contributed by atoms with Crippen molar-refractivity contribution in [3.05, 3.63) is 0 Å². The van der Waals surface area contributed by atoms with Gasteiger partial charge in [-0.2, -0.15) is 0 Å². The van der Waals surface area contributed by atoms with E-state index in [-0.39, 0.29) is 0 Å². The summed E-state index contributed by atoms with van der Waals surface area (Å²) in [6.45, 7) is 3.14. The fourth-order valence-corrected chi connectivity index (χ4v) is 2.77. The Hall–Kier alpha value is -0.570. The molecule has 3 heteroatoms. The molecule has 92 valence electrons. The van der Waals surface area contributed by atoms with Gasteiger partial charge in [0.2, 0.25) is 5.91 Å². The highest BCUT2D eigenvalue weighted by molar-refractivity contribution is 5.76. The number of carbonyl (C=O) groups is 1. The lowest BCUT2D eigenvalue weighted by Gasteiger charge is -2.28. The predicted molar refractivity (Wildman–Crippen MR) is 65.3 cm³/mol. The topological polar surface area (TPSA) is 32.3 Å². The van der Waals surface area contributed by atoms with Gasteiger partial charge in [-0.15, -0.1) is 0 Å². The normalized spacial score (nSPS) is 26.8. The van der Waals surface area contributed by atoms with E-state index in [1.165, 1.54) is 38.5 Å². The van der Waals surface area contributed by atoms with E-state index in [0.717, 1.165) is 32.5 Å². The average molecular weight is 224 g/mol. The van der Waals surface area contributed by atoms with Crippen LogP contribution in [-0.4, -0.2) is 36.5 Å². The third-order valence-electron chi connectivity index (χ3n) is 3.83. The van der Waals surface area contributed by atoms with E-state index in [9.17, 15) is 4.79 Å². The number of rotatable bonds is 3. The third-order valence-corrected chi connectivity index (χ3v) is 3.83. The molecule has 2 fully saturated rings. The fourth-order valence-electron chi connectivity index (χ4n) is 2.77. The monoisotopic (exact) mass is 224 g/mol. The summed E-state index contributed by atoms with van der Waals surface area (Å²) in [6, 6.07) is 0.600. The molecular weight excluding hydrogens is 200 g/mol. The highest BCUT2D eigenvalue weighted by Crippen LogP contribution is 2.15. The summed E-state index contributed by atoms with van der Waals surface area (Å²) in [5.74, 6) is 0.382. The lowest BCUT2D eigenvalue weighted by molar-refractivity contribution is -0.132. The molecule has 0 bridgehead atoms. The van der Waals surface area contributed by atoms with Gasteiger partial charge in [-0.05, 0) is 45.1 Å². The molecule has 0 aromatic rings. The largest absolute Gasteiger partial charge is 0.343 e. The fraction of sp³-hybridized carbons (Fsp3) is 0.923. The molecule has 0 aromatic carbocycles. The Balaban J connectivity index is 1.65. The second kappa shape index (κ2) is 6.24. The van der Waals surface area contributed by atoms with Crippen molar-refractivity contribution in [2.75, 3.05) is 19.6 Å². The van der Waals surface area contributed by atoms with Crippen LogP contribution >= 0.6 is 0 Å².